The van der Waals surface area contributed by atoms with Crippen molar-refractivity contribution in [1.82, 2.24) is 15.2 Å². The zero-order valence-electron chi connectivity index (χ0n) is 17.5. The fourth-order valence-electron chi connectivity index (χ4n) is 4.50. The van der Waals surface area contributed by atoms with Crippen molar-refractivity contribution in [3.8, 4) is 0 Å². The Balaban J connectivity index is 1.21. The second-order valence-electron chi connectivity index (χ2n) is 8.19. The maximum Gasteiger partial charge on any atom is 0.251 e. The summed E-state index contributed by atoms with van der Waals surface area (Å²) in [5.74, 6) is -0.293. The van der Waals surface area contributed by atoms with Crippen LogP contribution in [-0.4, -0.2) is 47.2 Å². The van der Waals surface area contributed by atoms with Crippen molar-refractivity contribution in [3.63, 3.8) is 0 Å². The summed E-state index contributed by atoms with van der Waals surface area (Å²) < 4.78 is 1.01. The van der Waals surface area contributed by atoms with E-state index < -0.39 is 0 Å². The minimum atomic E-state index is -0.300. The number of benzene rings is 2. The molecule has 32 heavy (non-hydrogen) atoms. The van der Waals surface area contributed by atoms with Crippen LogP contribution < -0.4 is 10.2 Å². The van der Waals surface area contributed by atoms with Gasteiger partial charge in [-0.2, -0.15) is 0 Å². The number of aromatic amines is 1. The summed E-state index contributed by atoms with van der Waals surface area (Å²) in [4.78, 5) is 44.2. The summed E-state index contributed by atoms with van der Waals surface area (Å²) in [5, 5.41) is 3.85. The van der Waals surface area contributed by atoms with Crippen molar-refractivity contribution >= 4 is 50.2 Å². The Hall–Kier alpha value is -3.13. The average Bonchev–Trinajstić information content (AvgIpc) is 3.41. The van der Waals surface area contributed by atoms with Gasteiger partial charge in [-0.25, -0.2) is 0 Å². The predicted molar refractivity (Wildman–Crippen MR) is 125 cm³/mol. The van der Waals surface area contributed by atoms with E-state index in [0.29, 0.717) is 31.6 Å². The minimum absolute atomic E-state index is 0.0490. The number of amides is 3. The standard InChI is InChI=1S/C24H23BrN4O3/c25-19-4-1-3-17-18-14-28(12-10-20(18)27-23(17)19)22(31)13-26-24(32)15-6-8-16(9-7-15)29-11-2-5-21(29)30/h1,3-4,6-9,27H,2,5,10-14H2,(H,26,32). The van der Waals surface area contributed by atoms with Crippen LogP contribution in [0.25, 0.3) is 10.9 Å². The van der Waals surface area contributed by atoms with Gasteiger partial charge in [-0.3, -0.25) is 14.4 Å². The van der Waals surface area contributed by atoms with E-state index in [1.807, 2.05) is 12.1 Å². The van der Waals surface area contributed by atoms with Crippen LogP contribution in [0, 0.1) is 0 Å². The molecule has 3 heterocycles. The van der Waals surface area contributed by atoms with Gasteiger partial charge in [0.1, 0.15) is 0 Å². The number of nitrogens with zero attached hydrogens (tertiary/aromatic N) is 2. The number of hydrogen-bond donors (Lipinski definition) is 2. The molecular weight excluding hydrogens is 472 g/mol. The van der Waals surface area contributed by atoms with Gasteiger partial charge >= 0.3 is 0 Å². The quantitative estimate of drug-likeness (QED) is 0.582. The molecule has 0 saturated carbocycles. The van der Waals surface area contributed by atoms with Crippen LogP contribution in [0.3, 0.4) is 0 Å². The van der Waals surface area contributed by atoms with Gasteiger partial charge in [0.15, 0.2) is 0 Å². The zero-order chi connectivity index (χ0) is 22.2. The molecule has 3 amide bonds. The number of halogens is 1. The van der Waals surface area contributed by atoms with E-state index in [1.165, 1.54) is 0 Å². The number of para-hydroxylation sites is 1. The molecule has 0 unspecified atom stereocenters. The Labute approximate surface area is 193 Å². The van der Waals surface area contributed by atoms with E-state index in [0.717, 1.165) is 45.2 Å². The van der Waals surface area contributed by atoms with Crippen molar-refractivity contribution in [1.29, 1.82) is 0 Å². The van der Waals surface area contributed by atoms with E-state index in [4.69, 9.17) is 0 Å². The molecule has 8 heteroatoms. The van der Waals surface area contributed by atoms with E-state index in [-0.39, 0.29) is 24.3 Å². The number of carbonyl (C=O) groups excluding carboxylic acids is 3. The lowest BCUT2D eigenvalue weighted by atomic mass is 10.0. The summed E-state index contributed by atoms with van der Waals surface area (Å²) in [7, 11) is 0. The third-order valence-corrected chi connectivity index (χ3v) is 6.89. The van der Waals surface area contributed by atoms with Crippen LogP contribution >= 0.6 is 15.9 Å². The first-order valence-electron chi connectivity index (χ1n) is 10.8. The van der Waals surface area contributed by atoms with Crippen molar-refractivity contribution < 1.29 is 14.4 Å². The van der Waals surface area contributed by atoms with Crippen LogP contribution in [0.2, 0.25) is 0 Å². The van der Waals surface area contributed by atoms with Crippen LogP contribution in [0.15, 0.2) is 46.9 Å². The zero-order valence-corrected chi connectivity index (χ0v) is 19.1. The van der Waals surface area contributed by atoms with Crippen LogP contribution in [0.1, 0.15) is 34.5 Å². The minimum Gasteiger partial charge on any atom is -0.357 e. The molecule has 0 aliphatic carbocycles. The van der Waals surface area contributed by atoms with Crippen LogP contribution in [0.5, 0.6) is 0 Å². The molecule has 5 rings (SSSR count). The molecule has 0 spiro atoms. The second kappa shape index (κ2) is 8.43. The van der Waals surface area contributed by atoms with E-state index >= 15 is 0 Å². The molecule has 0 radical (unpaired) electrons. The topological polar surface area (TPSA) is 85.5 Å². The fourth-order valence-corrected chi connectivity index (χ4v) is 4.96. The third-order valence-electron chi connectivity index (χ3n) is 6.23. The lowest BCUT2D eigenvalue weighted by Crippen LogP contribution is -2.42. The van der Waals surface area contributed by atoms with Gasteiger partial charge < -0.3 is 20.1 Å². The van der Waals surface area contributed by atoms with Gasteiger partial charge in [-0.05, 0) is 52.7 Å². The molecule has 2 N–H and O–H groups in total. The highest BCUT2D eigenvalue weighted by Gasteiger charge is 2.25. The maximum atomic E-state index is 12.8. The summed E-state index contributed by atoms with van der Waals surface area (Å²) in [5.41, 5.74) is 4.63. The number of rotatable bonds is 4. The van der Waals surface area contributed by atoms with Gasteiger partial charge in [-0.15, -0.1) is 0 Å². The summed E-state index contributed by atoms with van der Waals surface area (Å²) >= 11 is 3.58. The monoisotopic (exact) mass is 494 g/mol. The number of carbonyl (C=O) groups is 3. The summed E-state index contributed by atoms with van der Waals surface area (Å²) in [6.07, 6.45) is 2.18. The lowest BCUT2D eigenvalue weighted by Gasteiger charge is -2.27. The molecule has 3 aromatic rings. The average molecular weight is 495 g/mol. The van der Waals surface area contributed by atoms with Crippen LogP contribution in [-0.2, 0) is 22.6 Å². The molecule has 2 aromatic carbocycles. The Morgan fingerprint density at radius 3 is 2.62 bits per heavy atom. The summed E-state index contributed by atoms with van der Waals surface area (Å²) in [6.45, 7) is 1.81. The number of H-pyrrole nitrogens is 1. The van der Waals surface area contributed by atoms with Gasteiger partial charge in [0.25, 0.3) is 5.91 Å². The third kappa shape index (κ3) is 3.79. The maximum absolute atomic E-state index is 12.8. The van der Waals surface area contributed by atoms with Gasteiger partial charge in [0, 0.05) is 64.8 Å². The largest absolute Gasteiger partial charge is 0.357 e. The molecule has 0 bridgehead atoms. The Morgan fingerprint density at radius 1 is 1.06 bits per heavy atom. The van der Waals surface area contributed by atoms with Crippen molar-refractivity contribution in [2.24, 2.45) is 0 Å². The van der Waals surface area contributed by atoms with E-state index in [2.05, 4.69) is 32.3 Å². The molecule has 164 valence electrons. The SMILES string of the molecule is O=C(NCC(=O)N1CCc2[nH]c3c(Br)cccc3c2C1)c1ccc(N2CCCC2=O)cc1. The number of fused-ring (bicyclic) bond motifs is 3. The molecule has 7 nitrogen and oxygen atoms in total. The van der Waals surface area contributed by atoms with Crippen LogP contribution in [0.4, 0.5) is 5.69 Å². The highest BCUT2D eigenvalue weighted by Crippen LogP contribution is 2.31. The number of nitrogens with one attached hydrogen (secondary N) is 2. The summed E-state index contributed by atoms with van der Waals surface area (Å²) in [6, 6.07) is 13.0. The normalized spacial score (nSPS) is 15.8. The van der Waals surface area contributed by atoms with Crippen molar-refractivity contribution in [2.75, 3.05) is 24.5 Å². The molecule has 1 aromatic heterocycles. The van der Waals surface area contributed by atoms with Gasteiger partial charge in [-0.1, -0.05) is 12.1 Å². The van der Waals surface area contributed by atoms with E-state index in [1.54, 1.807) is 34.1 Å². The Morgan fingerprint density at radius 2 is 1.88 bits per heavy atom. The van der Waals surface area contributed by atoms with Gasteiger partial charge in [0.05, 0.1) is 12.1 Å². The van der Waals surface area contributed by atoms with E-state index in [9.17, 15) is 14.4 Å². The highest BCUT2D eigenvalue weighted by atomic mass is 79.9. The molecule has 1 saturated heterocycles. The predicted octanol–water partition coefficient (Wildman–Crippen LogP) is 3.37. The van der Waals surface area contributed by atoms with Crippen molar-refractivity contribution in [2.45, 2.75) is 25.8 Å². The Bertz CT molecular complexity index is 1220. The first kappa shape index (κ1) is 20.8. The molecule has 1 fully saturated rings. The molecule has 0 atom stereocenters. The second-order valence-corrected chi connectivity index (χ2v) is 9.04. The fraction of sp³-hybridized carbons (Fsp3) is 0.292. The number of anilines is 1. The van der Waals surface area contributed by atoms with Gasteiger partial charge in [0.2, 0.25) is 11.8 Å². The number of hydrogen-bond acceptors (Lipinski definition) is 3. The lowest BCUT2D eigenvalue weighted by molar-refractivity contribution is -0.131. The molecular formula is C24H23BrN4O3. The highest BCUT2D eigenvalue weighted by molar-refractivity contribution is 9.10. The first-order chi connectivity index (χ1) is 15.5. The Kier molecular flexibility index (Phi) is 5.46. The number of aromatic nitrogens is 1. The smallest absolute Gasteiger partial charge is 0.251 e. The molecule has 2 aliphatic rings. The first-order valence-corrected chi connectivity index (χ1v) is 11.5. The van der Waals surface area contributed by atoms with Crippen molar-refractivity contribution in [3.05, 3.63) is 63.8 Å². The molecule has 2 aliphatic heterocycles.